The van der Waals surface area contributed by atoms with Gasteiger partial charge in [-0.1, -0.05) is 30.3 Å². The molecule has 0 bridgehead atoms. The maximum absolute atomic E-state index is 12.7. The van der Waals surface area contributed by atoms with Crippen molar-refractivity contribution < 1.29 is 13.2 Å². The first-order valence-corrected chi connectivity index (χ1v) is 11.9. The normalized spacial score (nSPS) is 11.8. The van der Waals surface area contributed by atoms with Crippen LogP contribution < -0.4 is 10.1 Å². The van der Waals surface area contributed by atoms with Crippen LogP contribution in [-0.2, 0) is 10.0 Å². The zero-order valence-electron chi connectivity index (χ0n) is 17.0. The predicted molar refractivity (Wildman–Crippen MR) is 125 cm³/mol. The van der Waals surface area contributed by atoms with Crippen molar-refractivity contribution in [3.63, 3.8) is 0 Å². The zero-order valence-corrected chi connectivity index (χ0v) is 18.6. The molecule has 8 nitrogen and oxygen atoms in total. The van der Waals surface area contributed by atoms with Crippen molar-refractivity contribution in [2.75, 3.05) is 4.72 Å². The van der Waals surface area contributed by atoms with E-state index in [2.05, 4.69) is 20.2 Å². The molecule has 0 unspecified atom stereocenters. The molecule has 0 spiro atoms. The Bertz CT molecular complexity index is 1350. The van der Waals surface area contributed by atoms with Crippen molar-refractivity contribution in [1.29, 1.82) is 0 Å². The highest BCUT2D eigenvalue weighted by atomic mass is 32.2. The van der Waals surface area contributed by atoms with Gasteiger partial charge < -0.3 is 4.57 Å². The zero-order chi connectivity index (χ0) is 22.6. The molecule has 0 fully saturated rings. The van der Waals surface area contributed by atoms with Gasteiger partial charge in [-0.05, 0) is 48.2 Å². The topological polar surface area (TPSA) is 105 Å². The lowest BCUT2D eigenvalue weighted by Crippen LogP contribution is -2.22. The number of carbonyl (C=O) groups is 1. The van der Waals surface area contributed by atoms with Gasteiger partial charge >= 0.3 is 0 Å². The molecule has 2 aromatic carbocycles. The number of aromatic nitrogens is 2. The Morgan fingerprint density at radius 3 is 2.53 bits per heavy atom. The van der Waals surface area contributed by atoms with E-state index in [0.29, 0.717) is 5.71 Å². The molecule has 32 heavy (non-hydrogen) atoms. The predicted octanol–water partition coefficient (Wildman–Crippen LogP) is 3.89. The fraction of sp³-hybridized carbons (Fsp3) is 0.0455. The fourth-order valence-corrected chi connectivity index (χ4v) is 5.00. The number of hydrogen-bond donors (Lipinski definition) is 2. The monoisotopic (exact) mass is 465 g/mol. The van der Waals surface area contributed by atoms with Gasteiger partial charge in [0.2, 0.25) is 0 Å². The molecular formula is C22H19N5O3S2. The number of thiophene rings is 1. The summed E-state index contributed by atoms with van der Waals surface area (Å²) in [7, 11) is -3.78. The minimum atomic E-state index is -3.78. The summed E-state index contributed by atoms with van der Waals surface area (Å²) >= 11 is 1.10. The van der Waals surface area contributed by atoms with Gasteiger partial charge in [0, 0.05) is 18.1 Å². The number of rotatable bonds is 7. The maximum atomic E-state index is 12.7. The third-order valence-electron chi connectivity index (χ3n) is 4.59. The Hall–Kier alpha value is -3.76. The number of nitrogens with one attached hydrogen (secondary N) is 2. The number of para-hydroxylation sites is 1. The first-order valence-electron chi connectivity index (χ1n) is 9.53. The third kappa shape index (κ3) is 4.76. The third-order valence-corrected chi connectivity index (χ3v) is 7.35. The van der Waals surface area contributed by atoms with Gasteiger partial charge in [-0.15, -0.1) is 11.3 Å². The van der Waals surface area contributed by atoms with Crippen LogP contribution in [-0.4, -0.2) is 29.6 Å². The molecule has 162 valence electrons. The van der Waals surface area contributed by atoms with E-state index in [4.69, 9.17) is 0 Å². The summed E-state index contributed by atoms with van der Waals surface area (Å²) in [5.41, 5.74) is 5.24. The Kier molecular flexibility index (Phi) is 6.15. The summed E-state index contributed by atoms with van der Waals surface area (Å²) < 4.78 is 29.6. The van der Waals surface area contributed by atoms with Gasteiger partial charge in [0.1, 0.15) is 4.21 Å². The summed E-state index contributed by atoms with van der Waals surface area (Å²) in [6.07, 6.45) is 5.26. The van der Waals surface area contributed by atoms with E-state index in [0.717, 1.165) is 22.6 Å². The quantitative estimate of drug-likeness (QED) is 0.319. The summed E-state index contributed by atoms with van der Waals surface area (Å²) in [5.74, 6) is -0.524. The number of carbonyl (C=O) groups excluding carboxylic acids is 1. The second-order valence-corrected chi connectivity index (χ2v) is 9.60. The molecule has 0 aliphatic rings. The van der Waals surface area contributed by atoms with E-state index in [9.17, 15) is 13.2 Å². The number of sulfonamides is 1. The molecule has 2 heterocycles. The number of nitrogens with zero attached hydrogens (tertiary/aromatic N) is 3. The average Bonchev–Trinajstić information content (AvgIpc) is 3.52. The molecule has 2 aromatic heterocycles. The molecule has 0 aliphatic carbocycles. The second kappa shape index (κ2) is 9.16. The van der Waals surface area contributed by atoms with E-state index in [1.807, 2.05) is 35.0 Å². The smallest absolute Gasteiger partial charge is 0.273 e. The molecule has 0 saturated carbocycles. The van der Waals surface area contributed by atoms with Crippen molar-refractivity contribution in [1.82, 2.24) is 15.0 Å². The molecule has 1 amide bonds. The van der Waals surface area contributed by atoms with Crippen LogP contribution in [0.3, 0.4) is 0 Å². The van der Waals surface area contributed by atoms with Crippen LogP contribution in [0.5, 0.6) is 0 Å². The van der Waals surface area contributed by atoms with Crippen LogP contribution in [0.4, 0.5) is 5.69 Å². The van der Waals surface area contributed by atoms with E-state index >= 15 is 0 Å². The maximum Gasteiger partial charge on any atom is 0.273 e. The minimum absolute atomic E-state index is 0.166. The van der Waals surface area contributed by atoms with Crippen molar-refractivity contribution in [3.05, 3.63) is 95.9 Å². The van der Waals surface area contributed by atoms with Crippen molar-refractivity contribution in [2.24, 2.45) is 5.10 Å². The number of hydrogen-bond acceptors (Lipinski definition) is 6. The molecule has 0 atom stereocenters. The Morgan fingerprint density at radius 1 is 1.06 bits per heavy atom. The molecular weight excluding hydrogens is 446 g/mol. The number of imidazole rings is 1. The average molecular weight is 466 g/mol. The van der Waals surface area contributed by atoms with Crippen LogP contribution in [0, 0.1) is 0 Å². The molecule has 4 aromatic rings. The number of anilines is 1. The summed E-state index contributed by atoms with van der Waals surface area (Å²) in [5, 5.41) is 5.85. The lowest BCUT2D eigenvalue weighted by molar-refractivity contribution is 0.0955. The molecule has 0 aliphatic heterocycles. The summed E-state index contributed by atoms with van der Waals surface area (Å²) in [6.45, 7) is 1.78. The first kappa shape index (κ1) is 21.5. The lowest BCUT2D eigenvalue weighted by Gasteiger charge is -2.11. The van der Waals surface area contributed by atoms with Gasteiger partial charge in [0.15, 0.2) is 0 Å². The van der Waals surface area contributed by atoms with Crippen molar-refractivity contribution in [2.45, 2.75) is 11.1 Å². The Labute approximate surface area is 189 Å². The standard InChI is InChI=1S/C22H19N5O3S2/c1-16(17-8-10-18(11-9-17)27-13-12-23-15-27)24-25-22(28)19-5-2-3-6-20(19)26-32(29,30)21-7-4-14-31-21/h2-15,26H,1H3,(H,25,28)/b24-16+. The number of hydrazone groups is 1. The molecule has 4 rings (SSSR count). The van der Waals surface area contributed by atoms with Crippen molar-refractivity contribution in [3.8, 4) is 5.69 Å². The van der Waals surface area contributed by atoms with Crippen molar-refractivity contribution >= 4 is 38.7 Å². The highest BCUT2D eigenvalue weighted by molar-refractivity contribution is 7.94. The van der Waals surface area contributed by atoms with E-state index < -0.39 is 15.9 Å². The Balaban J connectivity index is 1.49. The largest absolute Gasteiger partial charge is 0.306 e. The van der Waals surface area contributed by atoms with Gasteiger partial charge in [-0.2, -0.15) is 5.10 Å². The number of amides is 1. The highest BCUT2D eigenvalue weighted by Gasteiger charge is 2.19. The van der Waals surface area contributed by atoms with Crippen LogP contribution in [0.2, 0.25) is 0 Å². The molecule has 0 saturated heterocycles. The molecule has 0 radical (unpaired) electrons. The van der Waals surface area contributed by atoms with Gasteiger partial charge in [-0.3, -0.25) is 9.52 Å². The van der Waals surface area contributed by atoms with Crippen LogP contribution in [0.15, 0.2) is 94.1 Å². The van der Waals surface area contributed by atoms with Gasteiger partial charge in [0.25, 0.3) is 15.9 Å². The van der Waals surface area contributed by atoms with E-state index in [-0.39, 0.29) is 15.5 Å². The fourth-order valence-electron chi connectivity index (χ4n) is 2.93. The van der Waals surface area contributed by atoms with Gasteiger partial charge in [-0.25, -0.2) is 18.8 Å². The lowest BCUT2D eigenvalue weighted by atomic mass is 10.1. The first-order chi connectivity index (χ1) is 15.4. The van der Waals surface area contributed by atoms with E-state index in [1.54, 1.807) is 43.0 Å². The van der Waals surface area contributed by atoms with Crippen LogP contribution >= 0.6 is 11.3 Å². The molecule has 10 heteroatoms. The minimum Gasteiger partial charge on any atom is -0.306 e. The SMILES string of the molecule is C/C(=N\NC(=O)c1ccccc1NS(=O)(=O)c1cccs1)c1ccc(-n2ccnc2)cc1. The van der Waals surface area contributed by atoms with Crippen LogP contribution in [0.25, 0.3) is 5.69 Å². The summed E-state index contributed by atoms with van der Waals surface area (Å²) in [6, 6.07) is 17.2. The summed E-state index contributed by atoms with van der Waals surface area (Å²) in [4.78, 5) is 16.7. The van der Waals surface area contributed by atoms with E-state index in [1.165, 1.54) is 18.2 Å². The number of benzene rings is 2. The Morgan fingerprint density at radius 2 is 1.84 bits per heavy atom. The highest BCUT2D eigenvalue weighted by Crippen LogP contribution is 2.23. The van der Waals surface area contributed by atoms with Crippen LogP contribution in [0.1, 0.15) is 22.8 Å². The second-order valence-electron chi connectivity index (χ2n) is 6.74. The van der Waals surface area contributed by atoms with Gasteiger partial charge in [0.05, 0.1) is 23.3 Å². The molecule has 2 N–H and O–H groups in total.